The molecular formula is C17H7ClF3N5O. The number of alkyl halides is 3. The number of ether oxygens (including phenoxy) is 1. The van der Waals surface area contributed by atoms with Gasteiger partial charge in [0.05, 0.1) is 5.56 Å². The number of aromatic amines is 1. The molecule has 0 spiro atoms. The second-order valence-corrected chi connectivity index (χ2v) is 5.57. The van der Waals surface area contributed by atoms with Gasteiger partial charge in [0.1, 0.15) is 28.7 Å². The Kier molecular flexibility index (Phi) is 4.72. The van der Waals surface area contributed by atoms with Gasteiger partial charge in [0.25, 0.3) is 0 Å². The summed E-state index contributed by atoms with van der Waals surface area (Å²) in [4.78, 5) is 10.3. The van der Waals surface area contributed by atoms with E-state index in [1.165, 1.54) is 12.1 Å². The minimum atomic E-state index is -4.55. The Morgan fingerprint density at radius 2 is 1.81 bits per heavy atom. The molecule has 3 rings (SSSR count). The minimum absolute atomic E-state index is 0.0198. The fourth-order valence-corrected chi connectivity index (χ4v) is 2.32. The number of halogens is 4. The van der Waals surface area contributed by atoms with Crippen LogP contribution in [0.4, 0.5) is 13.2 Å². The summed E-state index contributed by atoms with van der Waals surface area (Å²) < 4.78 is 43.3. The lowest BCUT2D eigenvalue weighted by Gasteiger charge is -2.10. The monoisotopic (exact) mass is 389 g/mol. The molecule has 0 aliphatic rings. The van der Waals surface area contributed by atoms with E-state index in [2.05, 4.69) is 15.0 Å². The van der Waals surface area contributed by atoms with Crippen molar-refractivity contribution in [2.24, 2.45) is 0 Å². The molecule has 0 radical (unpaired) electrons. The molecule has 2 heterocycles. The Bertz CT molecular complexity index is 1050. The van der Waals surface area contributed by atoms with Crippen LogP contribution in [-0.2, 0) is 6.18 Å². The van der Waals surface area contributed by atoms with E-state index in [1.54, 1.807) is 12.1 Å². The first kappa shape index (κ1) is 18.2. The molecule has 1 N–H and O–H groups in total. The SMILES string of the molecule is N#Cc1nc(-c2ccc(Oc3ncc(C(F)(F)F)cc3Cl)cc2)[nH]c1C#N. The molecule has 1 aromatic carbocycles. The van der Waals surface area contributed by atoms with E-state index in [4.69, 9.17) is 26.9 Å². The van der Waals surface area contributed by atoms with E-state index >= 15 is 0 Å². The highest BCUT2D eigenvalue weighted by Crippen LogP contribution is 2.34. The first-order chi connectivity index (χ1) is 12.8. The molecule has 0 aliphatic heterocycles. The molecule has 0 fully saturated rings. The lowest BCUT2D eigenvalue weighted by Crippen LogP contribution is -2.05. The summed E-state index contributed by atoms with van der Waals surface area (Å²) >= 11 is 5.80. The normalized spacial score (nSPS) is 10.9. The molecule has 27 heavy (non-hydrogen) atoms. The predicted octanol–water partition coefficient (Wildman–Crippen LogP) is 4.68. The number of H-pyrrole nitrogens is 1. The zero-order valence-corrected chi connectivity index (χ0v) is 13.9. The molecule has 0 amide bonds. The summed E-state index contributed by atoms with van der Waals surface area (Å²) in [5.41, 5.74) is -0.372. The van der Waals surface area contributed by atoms with Crippen LogP contribution in [0.15, 0.2) is 36.5 Å². The van der Waals surface area contributed by atoms with Crippen molar-refractivity contribution in [3.8, 4) is 35.2 Å². The smallest absolute Gasteiger partial charge is 0.417 e. The topological polar surface area (TPSA) is 98.4 Å². The van der Waals surface area contributed by atoms with Crippen molar-refractivity contribution in [2.45, 2.75) is 6.18 Å². The first-order valence-electron chi connectivity index (χ1n) is 7.23. The Hall–Kier alpha value is -3.56. The molecule has 0 saturated heterocycles. The summed E-state index contributed by atoms with van der Waals surface area (Å²) in [5, 5.41) is 17.6. The van der Waals surface area contributed by atoms with E-state index in [0.717, 1.165) is 6.07 Å². The number of nitrogens with one attached hydrogen (secondary N) is 1. The quantitative estimate of drug-likeness (QED) is 0.701. The zero-order chi connectivity index (χ0) is 19.6. The van der Waals surface area contributed by atoms with Gasteiger partial charge in [-0.05, 0) is 30.3 Å². The van der Waals surface area contributed by atoms with Crippen LogP contribution in [0.1, 0.15) is 17.0 Å². The summed E-state index contributed by atoms with van der Waals surface area (Å²) in [6.07, 6.45) is -3.92. The average Bonchev–Trinajstić information content (AvgIpc) is 3.06. The highest BCUT2D eigenvalue weighted by atomic mass is 35.5. The summed E-state index contributed by atoms with van der Waals surface area (Å²) in [5.74, 6) is 0.426. The Morgan fingerprint density at radius 3 is 2.33 bits per heavy atom. The van der Waals surface area contributed by atoms with Crippen molar-refractivity contribution in [3.05, 3.63) is 58.5 Å². The average molecular weight is 390 g/mol. The highest BCUT2D eigenvalue weighted by Gasteiger charge is 2.31. The summed E-state index contributed by atoms with van der Waals surface area (Å²) in [6, 6.07) is 10.6. The van der Waals surface area contributed by atoms with Gasteiger partial charge >= 0.3 is 6.18 Å². The van der Waals surface area contributed by atoms with Crippen LogP contribution in [-0.4, -0.2) is 15.0 Å². The molecule has 0 bridgehead atoms. The van der Waals surface area contributed by atoms with Gasteiger partial charge in [-0.15, -0.1) is 0 Å². The highest BCUT2D eigenvalue weighted by molar-refractivity contribution is 6.31. The Morgan fingerprint density at radius 1 is 1.11 bits per heavy atom. The molecule has 10 heteroatoms. The predicted molar refractivity (Wildman–Crippen MR) is 87.8 cm³/mol. The number of hydrogen-bond acceptors (Lipinski definition) is 5. The van der Waals surface area contributed by atoms with E-state index < -0.39 is 11.7 Å². The third kappa shape index (κ3) is 3.84. The van der Waals surface area contributed by atoms with E-state index in [0.29, 0.717) is 17.6 Å². The van der Waals surface area contributed by atoms with Crippen molar-refractivity contribution < 1.29 is 17.9 Å². The number of nitriles is 2. The van der Waals surface area contributed by atoms with Gasteiger partial charge in [0, 0.05) is 11.8 Å². The standard InChI is InChI=1S/C17H7ClF3N5O/c18-12-5-10(17(19,20)21)8-24-16(12)27-11-3-1-9(2-4-11)15-25-13(6-22)14(7-23)26-15/h1-5,8H,(H,25,26). The Balaban J connectivity index is 1.82. The van der Waals surface area contributed by atoms with Crippen molar-refractivity contribution >= 4 is 11.6 Å². The molecule has 134 valence electrons. The fourth-order valence-electron chi connectivity index (χ4n) is 2.12. The van der Waals surface area contributed by atoms with Gasteiger partial charge in [-0.25, -0.2) is 9.97 Å². The molecule has 0 saturated carbocycles. The Labute approximate surface area is 155 Å². The molecule has 0 atom stereocenters. The summed E-state index contributed by atoms with van der Waals surface area (Å²) in [6.45, 7) is 0. The van der Waals surface area contributed by atoms with Gasteiger partial charge in [-0.1, -0.05) is 11.6 Å². The molecule has 2 aromatic heterocycles. The molecule has 6 nitrogen and oxygen atoms in total. The lowest BCUT2D eigenvalue weighted by atomic mass is 10.2. The number of rotatable bonds is 3. The number of aromatic nitrogens is 3. The largest absolute Gasteiger partial charge is 0.438 e. The third-order valence-corrected chi connectivity index (χ3v) is 3.67. The van der Waals surface area contributed by atoms with Crippen LogP contribution in [0.5, 0.6) is 11.6 Å². The van der Waals surface area contributed by atoms with Crippen LogP contribution in [0.2, 0.25) is 5.02 Å². The van der Waals surface area contributed by atoms with Crippen LogP contribution in [0.25, 0.3) is 11.4 Å². The summed E-state index contributed by atoms with van der Waals surface area (Å²) in [7, 11) is 0. The first-order valence-corrected chi connectivity index (χ1v) is 7.61. The van der Waals surface area contributed by atoms with Gasteiger partial charge < -0.3 is 9.72 Å². The molecule has 0 aliphatic carbocycles. The van der Waals surface area contributed by atoms with Gasteiger partial charge in [0.15, 0.2) is 11.4 Å². The van der Waals surface area contributed by atoms with Gasteiger partial charge in [-0.3, -0.25) is 0 Å². The maximum Gasteiger partial charge on any atom is 0.417 e. The van der Waals surface area contributed by atoms with Gasteiger partial charge in [-0.2, -0.15) is 23.7 Å². The van der Waals surface area contributed by atoms with E-state index in [1.807, 2.05) is 12.1 Å². The van der Waals surface area contributed by atoms with Crippen LogP contribution >= 0.6 is 11.6 Å². The number of pyridine rings is 1. The maximum atomic E-state index is 12.6. The van der Waals surface area contributed by atoms with Crippen molar-refractivity contribution in [1.29, 1.82) is 10.5 Å². The number of nitrogens with zero attached hydrogens (tertiary/aromatic N) is 4. The van der Waals surface area contributed by atoms with Crippen LogP contribution in [0.3, 0.4) is 0 Å². The van der Waals surface area contributed by atoms with Crippen LogP contribution < -0.4 is 4.74 Å². The maximum absolute atomic E-state index is 12.6. The van der Waals surface area contributed by atoms with Crippen LogP contribution in [0, 0.1) is 22.7 Å². The second-order valence-electron chi connectivity index (χ2n) is 5.17. The second kappa shape index (κ2) is 6.98. The third-order valence-electron chi connectivity index (χ3n) is 3.40. The van der Waals surface area contributed by atoms with Crippen molar-refractivity contribution in [1.82, 2.24) is 15.0 Å². The molecular weight excluding hydrogens is 383 g/mol. The molecule has 3 aromatic rings. The van der Waals surface area contributed by atoms with E-state index in [9.17, 15) is 13.2 Å². The minimum Gasteiger partial charge on any atom is -0.438 e. The van der Waals surface area contributed by atoms with Crippen molar-refractivity contribution in [2.75, 3.05) is 0 Å². The fraction of sp³-hybridized carbons (Fsp3) is 0.0588. The number of imidazole rings is 1. The van der Waals surface area contributed by atoms with E-state index in [-0.39, 0.29) is 28.0 Å². The van der Waals surface area contributed by atoms with Gasteiger partial charge in [0.2, 0.25) is 5.88 Å². The lowest BCUT2D eigenvalue weighted by molar-refractivity contribution is -0.137. The number of hydrogen-bond donors (Lipinski definition) is 1. The van der Waals surface area contributed by atoms with Crippen molar-refractivity contribution in [3.63, 3.8) is 0 Å². The number of benzene rings is 1. The zero-order valence-electron chi connectivity index (χ0n) is 13.2. The molecule has 0 unspecified atom stereocenters.